The summed E-state index contributed by atoms with van der Waals surface area (Å²) in [4.78, 5) is 0. The molecular weight excluding hydrogens is 167 g/mol. The van der Waals surface area contributed by atoms with Crippen LogP contribution in [0, 0.1) is 5.82 Å². The average Bonchev–Trinajstić information content (AvgIpc) is 2.46. The minimum absolute atomic E-state index is 0.212. The highest BCUT2D eigenvalue weighted by Gasteiger charge is 2.03. The van der Waals surface area contributed by atoms with Crippen molar-refractivity contribution in [2.45, 2.75) is 19.9 Å². The van der Waals surface area contributed by atoms with Gasteiger partial charge in [-0.25, -0.2) is 4.39 Å². The van der Waals surface area contributed by atoms with E-state index in [4.69, 9.17) is 0 Å². The van der Waals surface area contributed by atoms with Gasteiger partial charge in [-0.1, -0.05) is 0 Å². The lowest BCUT2D eigenvalue weighted by Gasteiger charge is -2.02. The van der Waals surface area contributed by atoms with E-state index in [-0.39, 0.29) is 5.82 Å². The van der Waals surface area contributed by atoms with Crippen molar-refractivity contribution in [3.63, 3.8) is 0 Å². The second-order valence-corrected chi connectivity index (χ2v) is 3.41. The zero-order chi connectivity index (χ0) is 9.42. The molecule has 0 aliphatic carbocycles. The Hall–Kier alpha value is -1.38. The first-order valence-electron chi connectivity index (χ1n) is 4.31. The van der Waals surface area contributed by atoms with Crippen molar-refractivity contribution in [3.05, 3.63) is 30.2 Å². The van der Waals surface area contributed by atoms with Gasteiger partial charge in [0.15, 0.2) is 0 Å². The van der Waals surface area contributed by atoms with Crippen LogP contribution in [0.3, 0.4) is 0 Å². The van der Waals surface area contributed by atoms with Gasteiger partial charge < -0.3 is 0 Å². The van der Waals surface area contributed by atoms with Gasteiger partial charge >= 0.3 is 0 Å². The monoisotopic (exact) mass is 178 g/mol. The summed E-state index contributed by atoms with van der Waals surface area (Å²) in [7, 11) is 0. The van der Waals surface area contributed by atoms with Crippen LogP contribution in [0.15, 0.2) is 24.4 Å². The summed E-state index contributed by atoms with van der Waals surface area (Å²) in [6.45, 7) is 4.09. The van der Waals surface area contributed by atoms with Crippen LogP contribution >= 0.6 is 0 Å². The van der Waals surface area contributed by atoms with E-state index in [0.29, 0.717) is 6.04 Å². The minimum atomic E-state index is -0.212. The van der Waals surface area contributed by atoms with E-state index in [2.05, 4.69) is 5.10 Å². The third-order valence-electron chi connectivity index (χ3n) is 2.01. The van der Waals surface area contributed by atoms with Gasteiger partial charge in [0.2, 0.25) is 0 Å². The van der Waals surface area contributed by atoms with Gasteiger partial charge in [-0.3, -0.25) is 4.68 Å². The third kappa shape index (κ3) is 1.41. The quantitative estimate of drug-likeness (QED) is 0.656. The van der Waals surface area contributed by atoms with Crippen LogP contribution in [0.2, 0.25) is 0 Å². The highest BCUT2D eigenvalue weighted by Crippen LogP contribution is 2.15. The number of rotatable bonds is 1. The maximum absolute atomic E-state index is 12.8. The minimum Gasteiger partial charge on any atom is -0.269 e. The molecule has 1 heterocycles. The summed E-state index contributed by atoms with van der Waals surface area (Å²) >= 11 is 0. The zero-order valence-corrected chi connectivity index (χ0v) is 7.66. The van der Waals surface area contributed by atoms with Crippen molar-refractivity contribution >= 4 is 10.9 Å². The first-order chi connectivity index (χ1) is 6.16. The molecule has 0 saturated heterocycles. The van der Waals surface area contributed by atoms with Gasteiger partial charge in [0.25, 0.3) is 0 Å². The lowest BCUT2D eigenvalue weighted by atomic mass is 10.2. The van der Waals surface area contributed by atoms with Crippen LogP contribution in [-0.4, -0.2) is 9.78 Å². The molecule has 2 rings (SSSR count). The van der Waals surface area contributed by atoms with E-state index in [1.807, 2.05) is 24.7 Å². The summed E-state index contributed by atoms with van der Waals surface area (Å²) in [6.07, 6.45) is 1.86. The van der Waals surface area contributed by atoms with Crippen LogP contribution in [0.1, 0.15) is 19.9 Å². The molecular formula is C10H11FN2. The normalized spacial score (nSPS) is 11.4. The molecule has 1 aromatic carbocycles. The maximum atomic E-state index is 12.8. The summed E-state index contributed by atoms with van der Waals surface area (Å²) in [5.41, 5.74) is 0.843. The molecule has 0 aliphatic rings. The number of nitrogens with zero attached hydrogens (tertiary/aromatic N) is 2. The van der Waals surface area contributed by atoms with Crippen molar-refractivity contribution in [3.8, 4) is 0 Å². The first kappa shape index (κ1) is 8.23. The topological polar surface area (TPSA) is 17.8 Å². The standard InChI is InChI=1S/C10H11FN2/c1-7(2)13-6-8-5-9(11)3-4-10(8)12-13/h3-7H,1-2H3. The van der Waals surface area contributed by atoms with Crippen LogP contribution in [0.25, 0.3) is 10.9 Å². The second kappa shape index (κ2) is 2.83. The lowest BCUT2D eigenvalue weighted by Crippen LogP contribution is -1.99. The largest absolute Gasteiger partial charge is 0.269 e. The fraction of sp³-hybridized carbons (Fsp3) is 0.300. The Balaban J connectivity index is 2.62. The van der Waals surface area contributed by atoms with Crippen LogP contribution in [0.4, 0.5) is 4.39 Å². The van der Waals surface area contributed by atoms with Crippen LogP contribution in [0.5, 0.6) is 0 Å². The van der Waals surface area contributed by atoms with Crippen molar-refractivity contribution in [2.24, 2.45) is 0 Å². The lowest BCUT2D eigenvalue weighted by molar-refractivity contribution is 0.537. The van der Waals surface area contributed by atoms with Gasteiger partial charge in [0, 0.05) is 17.6 Å². The molecule has 0 saturated carbocycles. The molecule has 0 spiro atoms. The number of fused-ring (bicyclic) bond motifs is 1. The number of halogens is 1. The molecule has 68 valence electrons. The molecule has 2 nitrogen and oxygen atoms in total. The molecule has 2 aromatic rings. The van der Waals surface area contributed by atoms with E-state index in [1.54, 1.807) is 6.07 Å². The van der Waals surface area contributed by atoms with E-state index < -0.39 is 0 Å². The molecule has 0 radical (unpaired) electrons. The Morgan fingerprint density at radius 1 is 1.38 bits per heavy atom. The van der Waals surface area contributed by atoms with E-state index in [9.17, 15) is 4.39 Å². The fourth-order valence-corrected chi connectivity index (χ4v) is 1.28. The van der Waals surface area contributed by atoms with Crippen LogP contribution in [-0.2, 0) is 0 Å². The van der Waals surface area contributed by atoms with Crippen molar-refractivity contribution in [1.29, 1.82) is 0 Å². The molecule has 0 atom stereocenters. The molecule has 0 amide bonds. The zero-order valence-electron chi connectivity index (χ0n) is 7.66. The number of aromatic nitrogens is 2. The highest BCUT2D eigenvalue weighted by molar-refractivity contribution is 5.77. The Kier molecular flexibility index (Phi) is 1.79. The van der Waals surface area contributed by atoms with Crippen LogP contribution < -0.4 is 0 Å². The molecule has 0 fully saturated rings. The van der Waals surface area contributed by atoms with E-state index >= 15 is 0 Å². The van der Waals surface area contributed by atoms with Crippen molar-refractivity contribution in [1.82, 2.24) is 9.78 Å². The van der Waals surface area contributed by atoms with Crippen molar-refractivity contribution in [2.75, 3.05) is 0 Å². The SMILES string of the molecule is CC(C)n1cc2cc(F)ccc2n1. The summed E-state index contributed by atoms with van der Waals surface area (Å²) < 4.78 is 14.6. The fourth-order valence-electron chi connectivity index (χ4n) is 1.28. The Morgan fingerprint density at radius 2 is 2.15 bits per heavy atom. The Labute approximate surface area is 76.0 Å². The number of hydrogen-bond acceptors (Lipinski definition) is 1. The number of benzene rings is 1. The molecule has 0 bridgehead atoms. The first-order valence-corrected chi connectivity index (χ1v) is 4.31. The molecule has 0 aliphatic heterocycles. The average molecular weight is 178 g/mol. The molecule has 13 heavy (non-hydrogen) atoms. The van der Waals surface area contributed by atoms with Gasteiger partial charge in [-0.2, -0.15) is 5.10 Å². The summed E-state index contributed by atoms with van der Waals surface area (Å²) in [5, 5.41) is 5.16. The number of hydrogen-bond donors (Lipinski definition) is 0. The van der Waals surface area contributed by atoms with Gasteiger partial charge in [0.1, 0.15) is 5.82 Å². The maximum Gasteiger partial charge on any atom is 0.124 e. The molecule has 3 heteroatoms. The van der Waals surface area contributed by atoms with E-state index in [0.717, 1.165) is 10.9 Å². The second-order valence-electron chi connectivity index (χ2n) is 3.41. The van der Waals surface area contributed by atoms with Gasteiger partial charge in [0.05, 0.1) is 5.52 Å². The van der Waals surface area contributed by atoms with Gasteiger partial charge in [-0.05, 0) is 32.0 Å². The van der Waals surface area contributed by atoms with E-state index in [1.165, 1.54) is 12.1 Å². The Bertz CT molecular complexity index is 431. The van der Waals surface area contributed by atoms with Gasteiger partial charge in [-0.15, -0.1) is 0 Å². The predicted octanol–water partition coefficient (Wildman–Crippen LogP) is 2.76. The summed E-state index contributed by atoms with van der Waals surface area (Å²) in [6, 6.07) is 4.94. The van der Waals surface area contributed by atoms with Crippen molar-refractivity contribution < 1.29 is 4.39 Å². The molecule has 1 aromatic heterocycles. The third-order valence-corrected chi connectivity index (χ3v) is 2.01. The highest BCUT2D eigenvalue weighted by atomic mass is 19.1. The smallest absolute Gasteiger partial charge is 0.124 e. The summed E-state index contributed by atoms with van der Waals surface area (Å²) in [5.74, 6) is -0.212. The molecule has 0 N–H and O–H groups in total. The molecule has 0 unspecified atom stereocenters. The Morgan fingerprint density at radius 3 is 2.85 bits per heavy atom. The predicted molar refractivity (Wildman–Crippen MR) is 50.1 cm³/mol.